The Morgan fingerprint density at radius 3 is 0.805 bits per heavy atom. The van der Waals surface area contributed by atoms with Crippen LogP contribution in [-0.4, -0.2) is 37.2 Å². The lowest BCUT2D eigenvalue weighted by Gasteiger charge is -2.18. The SMILES string of the molecule is CC/C=C\C/C=C\C/C=C\C/C=C\CCCCCCCCCCC(=O)OC(COC(=O)CCCCCCC/C=C\CCC)COC(=O)CCCCCCCCCCCCCCCCCCCC/C=C\C/C=C\C/C=C\CCCCCCC. The highest BCUT2D eigenvalue weighted by Crippen LogP contribution is 2.17. The number of carbonyl (C=O) groups is 3. The Bertz CT molecular complexity index is 1590. The molecule has 0 fully saturated rings. The van der Waals surface area contributed by atoms with E-state index in [1.807, 2.05) is 0 Å². The van der Waals surface area contributed by atoms with E-state index in [4.69, 9.17) is 14.2 Å². The quantitative estimate of drug-likeness (QED) is 0.0261. The van der Waals surface area contributed by atoms with E-state index in [-0.39, 0.29) is 31.1 Å². The topological polar surface area (TPSA) is 78.9 Å². The van der Waals surface area contributed by atoms with Gasteiger partial charge in [0.15, 0.2) is 6.10 Å². The minimum atomic E-state index is -0.785. The molecule has 0 aromatic carbocycles. The van der Waals surface area contributed by atoms with Crippen LogP contribution in [0.25, 0.3) is 0 Å². The molecule has 0 aliphatic heterocycles. The third-order valence-corrected chi connectivity index (χ3v) is 15.3. The summed E-state index contributed by atoms with van der Waals surface area (Å²) in [6, 6.07) is 0. The minimum absolute atomic E-state index is 0.0810. The third-order valence-electron chi connectivity index (χ3n) is 15.3. The molecule has 0 N–H and O–H groups in total. The molecule has 6 nitrogen and oxygen atoms in total. The molecule has 0 heterocycles. The Kier molecular flexibility index (Phi) is 66.7. The van der Waals surface area contributed by atoms with E-state index in [2.05, 4.69) is 118 Å². The van der Waals surface area contributed by atoms with Crippen molar-refractivity contribution in [2.45, 2.75) is 354 Å². The molecule has 1 atom stereocenters. The predicted molar refractivity (Wildman–Crippen MR) is 357 cm³/mol. The normalized spacial score (nSPS) is 12.7. The molecule has 0 rings (SSSR count). The molecular weight excluding hydrogens is 1010 g/mol. The van der Waals surface area contributed by atoms with Crippen LogP contribution in [0.5, 0.6) is 0 Å². The fraction of sp³-hybridized carbons (Fsp3) is 0.750. The molecule has 0 saturated heterocycles. The van der Waals surface area contributed by atoms with Crippen molar-refractivity contribution in [3.05, 3.63) is 97.2 Å². The van der Waals surface area contributed by atoms with E-state index in [0.717, 1.165) is 116 Å². The van der Waals surface area contributed by atoms with Gasteiger partial charge in [0.05, 0.1) is 0 Å². The van der Waals surface area contributed by atoms with Gasteiger partial charge in [0.1, 0.15) is 13.2 Å². The molecule has 0 amide bonds. The summed E-state index contributed by atoms with van der Waals surface area (Å²) >= 11 is 0. The lowest BCUT2D eigenvalue weighted by Crippen LogP contribution is -2.30. The van der Waals surface area contributed by atoms with Crippen LogP contribution in [-0.2, 0) is 28.6 Å². The number of carbonyl (C=O) groups excluding carboxylic acids is 3. The first-order valence-electron chi connectivity index (χ1n) is 35.2. The average Bonchev–Trinajstić information content (AvgIpc) is 3.47. The number of unbranched alkanes of at least 4 members (excludes halogenated alkanes) is 37. The van der Waals surface area contributed by atoms with Crippen molar-refractivity contribution in [2.75, 3.05) is 13.2 Å². The Morgan fingerprint density at radius 1 is 0.256 bits per heavy atom. The van der Waals surface area contributed by atoms with Crippen LogP contribution in [0.15, 0.2) is 97.2 Å². The van der Waals surface area contributed by atoms with E-state index in [9.17, 15) is 14.4 Å². The number of esters is 3. The molecule has 0 aromatic heterocycles. The highest BCUT2D eigenvalue weighted by molar-refractivity contribution is 5.71. The number of hydrogen-bond acceptors (Lipinski definition) is 6. The van der Waals surface area contributed by atoms with Gasteiger partial charge >= 0.3 is 17.9 Å². The molecule has 0 aliphatic carbocycles. The third kappa shape index (κ3) is 67.1. The van der Waals surface area contributed by atoms with E-state index < -0.39 is 6.10 Å². The molecule has 6 heteroatoms. The summed E-state index contributed by atoms with van der Waals surface area (Å²) in [5, 5.41) is 0. The Hall–Kier alpha value is -3.67. The number of hydrogen-bond donors (Lipinski definition) is 0. The summed E-state index contributed by atoms with van der Waals surface area (Å²) in [4.78, 5) is 38.3. The smallest absolute Gasteiger partial charge is 0.306 e. The largest absolute Gasteiger partial charge is 0.462 e. The monoisotopic (exact) mass is 1140 g/mol. The summed E-state index contributed by atoms with van der Waals surface area (Å²) in [5.74, 6) is -0.887. The summed E-state index contributed by atoms with van der Waals surface area (Å²) in [5.41, 5.74) is 0. The molecule has 0 aliphatic rings. The molecule has 472 valence electrons. The zero-order chi connectivity index (χ0) is 59.2. The number of ether oxygens (including phenoxy) is 3. The molecule has 1 unspecified atom stereocenters. The Labute approximate surface area is 508 Å². The fourth-order valence-electron chi connectivity index (χ4n) is 10.0. The van der Waals surface area contributed by atoms with Gasteiger partial charge in [-0.2, -0.15) is 0 Å². The van der Waals surface area contributed by atoms with Crippen LogP contribution in [0.2, 0.25) is 0 Å². The lowest BCUT2D eigenvalue weighted by atomic mass is 10.0. The standard InChI is InChI=1S/C76H132O6/c1-4-7-10-13-16-19-22-24-26-28-30-32-33-34-35-36-37-38-39-40-41-42-43-45-46-48-50-52-54-57-60-63-66-69-75(78)81-72-73(71-80-74(77)68-65-62-59-56-21-18-15-12-9-6-3)82-76(79)70-67-64-61-58-55-53-51-49-47-44-31-29-27-25-23-20-17-14-11-8-5-2/h8,11-12,15,17,20,22,24-25,27-28,30-31,33-34,44,73H,4-7,9-10,13-14,16,18-19,21,23,26,29,32,35-43,45-72H2,1-3H3/b11-8-,15-12-,20-17-,24-22-,27-25-,30-28-,34-33-,44-31-. The zero-order valence-corrected chi connectivity index (χ0v) is 54.2. The van der Waals surface area contributed by atoms with E-state index >= 15 is 0 Å². The van der Waals surface area contributed by atoms with Crippen molar-refractivity contribution in [2.24, 2.45) is 0 Å². The van der Waals surface area contributed by atoms with Gasteiger partial charge in [-0.25, -0.2) is 0 Å². The number of rotatable bonds is 64. The van der Waals surface area contributed by atoms with Crippen LogP contribution in [0.3, 0.4) is 0 Å². The van der Waals surface area contributed by atoms with Gasteiger partial charge in [-0.1, -0.05) is 311 Å². The van der Waals surface area contributed by atoms with Crippen molar-refractivity contribution >= 4 is 17.9 Å². The number of allylic oxidation sites excluding steroid dienone is 16. The van der Waals surface area contributed by atoms with Gasteiger partial charge in [0, 0.05) is 19.3 Å². The van der Waals surface area contributed by atoms with Gasteiger partial charge in [-0.15, -0.1) is 0 Å². The van der Waals surface area contributed by atoms with Gasteiger partial charge in [0.25, 0.3) is 0 Å². The van der Waals surface area contributed by atoms with Gasteiger partial charge in [-0.05, 0) is 116 Å². The van der Waals surface area contributed by atoms with Gasteiger partial charge in [0.2, 0.25) is 0 Å². The Balaban J connectivity index is 4.13. The van der Waals surface area contributed by atoms with Crippen molar-refractivity contribution in [1.29, 1.82) is 0 Å². The van der Waals surface area contributed by atoms with Crippen LogP contribution >= 0.6 is 0 Å². The molecular formula is C76H132O6. The first-order chi connectivity index (χ1) is 40.5. The van der Waals surface area contributed by atoms with Crippen LogP contribution in [0.4, 0.5) is 0 Å². The first kappa shape index (κ1) is 78.3. The fourth-order valence-corrected chi connectivity index (χ4v) is 10.0. The molecule has 0 saturated carbocycles. The maximum absolute atomic E-state index is 12.9. The van der Waals surface area contributed by atoms with Gasteiger partial charge in [-0.3, -0.25) is 14.4 Å². The maximum atomic E-state index is 12.9. The first-order valence-corrected chi connectivity index (χ1v) is 35.2. The van der Waals surface area contributed by atoms with Crippen molar-refractivity contribution in [3.63, 3.8) is 0 Å². The summed E-state index contributed by atoms with van der Waals surface area (Å²) < 4.78 is 16.9. The van der Waals surface area contributed by atoms with Gasteiger partial charge < -0.3 is 14.2 Å². The highest BCUT2D eigenvalue weighted by atomic mass is 16.6. The summed E-state index contributed by atoms with van der Waals surface area (Å²) in [6.45, 7) is 6.47. The van der Waals surface area contributed by atoms with Crippen molar-refractivity contribution in [1.82, 2.24) is 0 Å². The van der Waals surface area contributed by atoms with Crippen LogP contribution in [0, 0.1) is 0 Å². The highest BCUT2D eigenvalue weighted by Gasteiger charge is 2.19. The summed E-state index contributed by atoms with van der Waals surface area (Å²) in [7, 11) is 0. The molecule has 0 bridgehead atoms. The average molecular weight is 1140 g/mol. The molecule has 0 radical (unpaired) electrons. The van der Waals surface area contributed by atoms with E-state index in [1.165, 1.54) is 193 Å². The molecule has 82 heavy (non-hydrogen) atoms. The van der Waals surface area contributed by atoms with Crippen molar-refractivity contribution in [3.8, 4) is 0 Å². The molecule has 0 spiro atoms. The predicted octanol–water partition coefficient (Wildman–Crippen LogP) is 24.4. The minimum Gasteiger partial charge on any atom is -0.462 e. The second-order valence-electron chi connectivity index (χ2n) is 23.4. The lowest BCUT2D eigenvalue weighted by molar-refractivity contribution is -0.167. The maximum Gasteiger partial charge on any atom is 0.306 e. The van der Waals surface area contributed by atoms with Crippen LogP contribution in [0.1, 0.15) is 348 Å². The zero-order valence-electron chi connectivity index (χ0n) is 54.2. The van der Waals surface area contributed by atoms with Crippen molar-refractivity contribution < 1.29 is 28.6 Å². The molecule has 0 aromatic rings. The summed E-state index contributed by atoms with van der Waals surface area (Å²) in [6.07, 6.45) is 94.5. The van der Waals surface area contributed by atoms with E-state index in [0.29, 0.717) is 19.3 Å². The Morgan fingerprint density at radius 2 is 0.500 bits per heavy atom. The van der Waals surface area contributed by atoms with E-state index in [1.54, 1.807) is 0 Å². The second-order valence-corrected chi connectivity index (χ2v) is 23.4. The van der Waals surface area contributed by atoms with Crippen LogP contribution < -0.4 is 0 Å². The second kappa shape index (κ2) is 69.8.